The highest BCUT2D eigenvalue weighted by Gasteiger charge is 2.32. The van der Waals surface area contributed by atoms with Gasteiger partial charge < -0.3 is 15.0 Å². The molecule has 1 aliphatic rings. The highest BCUT2D eigenvalue weighted by molar-refractivity contribution is 8.01. The van der Waals surface area contributed by atoms with E-state index in [2.05, 4.69) is 10.3 Å². The Morgan fingerprint density at radius 1 is 1.18 bits per heavy atom. The number of thioether (sulfide) groups is 1. The van der Waals surface area contributed by atoms with Gasteiger partial charge in [0.2, 0.25) is 5.91 Å². The van der Waals surface area contributed by atoms with Crippen molar-refractivity contribution in [3.63, 3.8) is 0 Å². The number of thiazole rings is 1. The van der Waals surface area contributed by atoms with E-state index in [0.717, 1.165) is 17.7 Å². The van der Waals surface area contributed by atoms with E-state index >= 15 is 0 Å². The van der Waals surface area contributed by atoms with Crippen LogP contribution in [0.5, 0.6) is 0 Å². The first-order valence-electron chi connectivity index (χ1n) is 10.1. The second-order valence-electron chi connectivity index (χ2n) is 7.29. The van der Waals surface area contributed by atoms with Gasteiger partial charge in [0.25, 0.3) is 0 Å². The van der Waals surface area contributed by atoms with Crippen LogP contribution in [-0.4, -0.2) is 42.9 Å². The maximum Gasteiger partial charge on any atom is 0.416 e. The largest absolute Gasteiger partial charge is 0.416 e. The summed E-state index contributed by atoms with van der Waals surface area (Å²) in [6.45, 7) is 1.98. The second kappa shape index (κ2) is 10.7. The first kappa shape index (κ1) is 25.1. The van der Waals surface area contributed by atoms with Crippen molar-refractivity contribution in [2.24, 2.45) is 0 Å². The fraction of sp³-hybridized carbons (Fsp3) is 0.273. The fourth-order valence-electron chi connectivity index (χ4n) is 3.35. The van der Waals surface area contributed by atoms with Crippen molar-refractivity contribution in [3.05, 3.63) is 57.4 Å². The van der Waals surface area contributed by atoms with E-state index < -0.39 is 17.6 Å². The van der Waals surface area contributed by atoms with Crippen LogP contribution in [0.15, 0.2) is 46.1 Å². The number of hydrogen-bond acceptors (Lipinski definition) is 6. The lowest BCUT2D eigenvalue weighted by atomic mass is 10.1. The molecule has 2 aromatic carbocycles. The predicted octanol–water partition coefficient (Wildman–Crippen LogP) is 6.70. The highest BCUT2D eigenvalue weighted by Crippen LogP contribution is 2.37. The van der Waals surface area contributed by atoms with Gasteiger partial charge in [-0.15, -0.1) is 11.3 Å². The Labute approximate surface area is 212 Å². The van der Waals surface area contributed by atoms with Gasteiger partial charge in [0.05, 0.1) is 46.6 Å². The first-order chi connectivity index (χ1) is 16.2. The average molecular weight is 548 g/mol. The van der Waals surface area contributed by atoms with Gasteiger partial charge in [-0.1, -0.05) is 35.0 Å². The minimum atomic E-state index is -4.52. The van der Waals surface area contributed by atoms with Crippen LogP contribution in [0.3, 0.4) is 0 Å². The van der Waals surface area contributed by atoms with Crippen LogP contribution in [-0.2, 0) is 15.7 Å². The molecule has 0 unspecified atom stereocenters. The van der Waals surface area contributed by atoms with Crippen LogP contribution < -0.4 is 10.2 Å². The van der Waals surface area contributed by atoms with E-state index in [-0.39, 0.29) is 11.4 Å². The fourth-order valence-corrected chi connectivity index (χ4v) is 5.48. The van der Waals surface area contributed by atoms with E-state index in [0.29, 0.717) is 52.1 Å². The number of aromatic nitrogens is 1. The van der Waals surface area contributed by atoms with Crippen molar-refractivity contribution in [1.29, 1.82) is 0 Å². The number of nitrogens with one attached hydrogen (secondary N) is 1. The maximum atomic E-state index is 13.3. The van der Waals surface area contributed by atoms with E-state index in [1.54, 1.807) is 18.2 Å². The van der Waals surface area contributed by atoms with Gasteiger partial charge in [0.1, 0.15) is 0 Å². The molecule has 0 bridgehead atoms. The Bertz CT molecular complexity index is 1180. The molecular formula is C22H18Cl2F3N3O2S2. The van der Waals surface area contributed by atoms with Crippen molar-refractivity contribution in [3.8, 4) is 11.3 Å². The Morgan fingerprint density at radius 2 is 1.94 bits per heavy atom. The molecule has 1 saturated heterocycles. The van der Waals surface area contributed by atoms with Crippen LogP contribution in [0, 0.1) is 0 Å². The zero-order chi connectivity index (χ0) is 24.3. The van der Waals surface area contributed by atoms with Gasteiger partial charge >= 0.3 is 6.18 Å². The zero-order valence-corrected chi connectivity index (χ0v) is 20.6. The van der Waals surface area contributed by atoms with E-state index in [1.165, 1.54) is 29.2 Å². The summed E-state index contributed by atoms with van der Waals surface area (Å²) < 4.78 is 45.8. The molecule has 1 fully saturated rings. The number of morpholine rings is 1. The number of anilines is 2. The number of halogens is 5. The molecular weight excluding hydrogens is 530 g/mol. The number of rotatable bonds is 6. The first-order valence-corrected chi connectivity index (χ1v) is 12.7. The number of ether oxygens (including phenoxy) is 1. The summed E-state index contributed by atoms with van der Waals surface area (Å²) >= 11 is 14.7. The molecule has 0 atom stereocenters. The van der Waals surface area contributed by atoms with E-state index in [9.17, 15) is 18.0 Å². The van der Waals surface area contributed by atoms with Crippen molar-refractivity contribution >= 4 is 63.6 Å². The minimum absolute atomic E-state index is 0.0138. The smallest absolute Gasteiger partial charge is 0.378 e. The summed E-state index contributed by atoms with van der Waals surface area (Å²) in [4.78, 5) is 19.0. The normalized spacial score (nSPS) is 14.3. The summed E-state index contributed by atoms with van der Waals surface area (Å²) in [6, 6.07) is 8.48. The second-order valence-corrected chi connectivity index (χ2v) is 10.2. The summed E-state index contributed by atoms with van der Waals surface area (Å²) in [6.07, 6.45) is -4.52. The molecule has 34 heavy (non-hydrogen) atoms. The lowest BCUT2D eigenvalue weighted by molar-refractivity contribution is -0.137. The molecule has 12 heteroatoms. The molecule has 0 saturated carbocycles. The Balaban J connectivity index is 1.46. The van der Waals surface area contributed by atoms with Crippen molar-refractivity contribution in [2.45, 2.75) is 10.5 Å². The van der Waals surface area contributed by atoms with Gasteiger partial charge in [0, 0.05) is 29.1 Å². The lowest BCUT2D eigenvalue weighted by Gasteiger charge is -2.31. The van der Waals surface area contributed by atoms with Gasteiger partial charge in [-0.3, -0.25) is 4.79 Å². The number of carbonyl (C=O) groups is 1. The van der Waals surface area contributed by atoms with Crippen molar-refractivity contribution in [1.82, 2.24) is 4.98 Å². The third-order valence-electron chi connectivity index (χ3n) is 4.97. The van der Waals surface area contributed by atoms with Gasteiger partial charge in [-0.2, -0.15) is 13.2 Å². The van der Waals surface area contributed by atoms with Crippen molar-refractivity contribution in [2.75, 3.05) is 42.3 Å². The minimum Gasteiger partial charge on any atom is -0.378 e. The Morgan fingerprint density at radius 3 is 2.65 bits per heavy atom. The number of carbonyl (C=O) groups excluding carboxylic acids is 1. The Hall–Kier alpha value is -1.98. The molecule has 2 heterocycles. The van der Waals surface area contributed by atoms with Crippen LogP contribution in [0.25, 0.3) is 11.3 Å². The standard InChI is InChI=1S/C22H18Cl2F3N3O2S2/c23-14-2-3-15(16(24)10-14)18-11-33-21(29-18)34-12-20(31)28-17-9-13(22(25,26)27)1-4-19(17)30-5-7-32-8-6-30/h1-4,9-11H,5-8,12H2,(H,28,31). The predicted molar refractivity (Wildman–Crippen MR) is 131 cm³/mol. The monoisotopic (exact) mass is 547 g/mol. The number of hydrogen-bond donors (Lipinski definition) is 1. The van der Waals surface area contributed by atoms with E-state index in [1.807, 2.05) is 10.3 Å². The molecule has 0 spiro atoms. The number of benzene rings is 2. The van der Waals surface area contributed by atoms with E-state index in [4.69, 9.17) is 27.9 Å². The SMILES string of the molecule is O=C(CSc1nc(-c2ccc(Cl)cc2Cl)cs1)Nc1cc(C(F)(F)F)ccc1N1CCOCC1. The maximum absolute atomic E-state index is 13.3. The molecule has 1 aromatic heterocycles. The molecule has 180 valence electrons. The number of nitrogens with zero attached hydrogens (tertiary/aromatic N) is 2. The third-order valence-corrected chi connectivity index (χ3v) is 7.54. The molecule has 4 rings (SSSR count). The van der Waals surface area contributed by atoms with Gasteiger partial charge in [-0.25, -0.2) is 4.98 Å². The molecule has 1 aliphatic heterocycles. The van der Waals surface area contributed by atoms with Crippen LogP contribution in [0.2, 0.25) is 10.0 Å². The Kier molecular flexibility index (Phi) is 7.94. The number of amides is 1. The van der Waals surface area contributed by atoms with Gasteiger partial charge in [-0.05, 0) is 36.4 Å². The van der Waals surface area contributed by atoms with Crippen LogP contribution in [0.1, 0.15) is 5.56 Å². The molecule has 0 radical (unpaired) electrons. The van der Waals surface area contributed by atoms with Crippen molar-refractivity contribution < 1.29 is 22.7 Å². The molecule has 1 N–H and O–H groups in total. The third kappa shape index (κ3) is 6.17. The quantitative estimate of drug-likeness (QED) is 0.348. The molecule has 3 aromatic rings. The van der Waals surface area contributed by atoms with Gasteiger partial charge in [0.15, 0.2) is 4.34 Å². The highest BCUT2D eigenvalue weighted by atomic mass is 35.5. The molecule has 1 amide bonds. The van der Waals surface area contributed by atoms with Crippen LogP contribution in [0.4, 0.5) is 24.5 Å². The average Bonchev–Trinajstić information content (AvgIpc) is 3.26. The summed E-state index contributed by atoms with van der Waals surface area (Å²) in [5.74, 6) is -0.444. The lowest BCUT2D eigenvalue weighted by Crippen LogP contribution is -2.37. The molecule has 5 nitrogen and oxygen atoms in total. The molecule has 0 aliphatic carbocycles. The zero-order valence-electron chi connectivity index (χ0n) is 17.5. The summed E-state index contributed by atoms with van der Waals surface area (Å²) in [7, 11) is 0. The van der Waals surface area contributed by atoms with Crippen LogP contribution >= 0.6 is 46.3 Å². The topological polar surface area (TPSA) is 54.5 Å². The summed E-state index contributed by atoms with van der Waals surface area (Å²) in [5, 5.41) is 5.44. The summed E-state index contributed by atoms with van der Waals surface area (Å²) in [5.41, 5.74) is 1.20. The number of alkyl halides is 3.